The van der Waals surface area contributed by atoms with Crippen LogP contribution < -0.4 is 15.8 Å². The molecule has 0 saturated heterocycles. The quantitative estimate of drug-likeness (QED) is 0.885. The molecule has 7 heteroatoms. The summed E-state index contributed by atoms with van der Waals surface area (Å²) in [4.78, 5) is 16.1. The standard InChI is InChI=1S/C14H17N3O2S.ClH/c1-9(7-15)13(18)17-12-8-16-14(20-12)10-4-3-5-11(6-10)19-2;/h3-6,8-9H,7,15H2,1-2H3,(H,17,18);1H/t9-;/m1./s1. The Bertz CT molecular complexity index is 603. The molecule has 3 N–H and O–H groups in total. The maximum atomic E-state index is 11.8. The van der Waals surface area contributed by atoms with Gasteiger partial charge < -0.3 is 15.8 Å². The first-order chi connectivity index (χ1) is 9.63. The van der Waals surface area contributed by atoms with Crippen molar-refractivity contribution in [3.8, 4) is 16.3 Å². The summed E-state index contributed by atoms with van der Waals surface area (Å²) in [6, 6.07) is 7.65. The molecule has 1 aromatic heterocycles. The molecule has 0 fully saturated rings. The summed E-state index contributed by atoms with van der Waals surface area (Å²) < 4.78 is 5.19. The zero-order valence-electron chi connectivity index (χ0n) is 11.8. The average molecular weight is 328 g/mol. The summed E-state index contributed by atoms with van der Waals surface area (Å²) in [5, 5.41) is 4.37. The van der Waals surface area contributed by atoms with E-state index in [0.717, 1.165) is 16.3 Å². The number of carbonyl (C=O) groups excluding carboxylic acids is 1. The van der Waals surface area contributed by atoms with Crippen LogP contribution in [0, 0.1) is 5.92 Å². The number of anilines is 1. The molecule has 1 atom stereocenters. The van der Waals surface area contributed by atoms with Crippen molar-refractivity contribution >= 4 is 34.7 Å². The van der Waals surface area contributed by atoms with Gasteiger partial charge in [0.05, 0.1) is 13.3 Å². The molecule has 1 aromatic carbocycles. The van der Waals surface area contributed by atoms with E-state index in [1.165, 1.54) is 11.3 Å². The Morgan fingerprint density at radius 1 is 1.52 bits per heavy atom. The highest BCUT2D eigenvalue weighted by atomic mass is 35.5. The summed E-state index contributed by atoms with van der Waals surface area (Å²) >= 11 is 1.42. The number of ether oxygens (including phenoxy) is 1. The SMILES string of the molecule is COc1cccc(-c2ncc(NC(=O)[C@H](C)CN)s2)c1.Cl. The second-order valence-corrected chi connectivity index (χ2v) is 5.42. The number of nitrogens with zero attached hydrogens (tertiary/aromatic N) is 1. The number of carbonyl (C=O) groups is 1. The van der Waals surface area contributed by atoms with Crippen LogP contribution in [0.2, 0.25) is 0 Å². The zero-order chi connectivity index (χ0) is 14.5. The second kappa shape index (κ2) is 7.97. The van der Waals surface area contributed by atoms with Gasteiger partial charge >= 0.3 is 0 Å². The van der Waals surface area contributed by atoms with Gasteiger partial charge in [0, 0.05) is 18.0 Å². The van der Waals surface area contributed by atoms with Gasteiger partial charge in [0.15, 0.2) is 0 Å². The molecule has 0 saturated carbocycles. The van der Waals surface area contributed by atoms with Gasteiger partial charge in [0.1, 0.15) is 15.8 Å². The van der Waals surface area contributed by atoms with Crippen LogP contribution in [0.4, 0.5) is 5.00 Å². The minimum Gasteiger partial charge on any atom is -0.497 e. The molecule has 21 heavy (non-hydrogen) atoms. The average Bonchev–Trinajstić information content (AvgIpc) is 2.94. The first-order valence-electron chi connectivity index (χ1n) is 6.25. The number of nitrogens with one attached hydrogen (secondary N) is 1. The second-order valence-electron chi connectivity index (χ2n) is 4.39. The van der Waals surface area contributed by atoms with Gasteiger partial charge in [0.2, 0.25) is 5.91 Å². The molecule has 0 aliphatic carbocycles. The molecule has 0 spiro atoms. The summed E-state index contributed by atoms with van der Waals surface area (Å²) in [7, 11) is 1.63. The molecule has 1 amide bonds. The molecule has 2 rings (SSSR count). The van der Waals surface area contributed by atoms with E-state index in [-0.39, 0.29) is 24.2 Å². The zero-order valence-corrected chi connectivity index (χ0v) is 13.5. The summed E-state index contributed by atoms with van der Waals surface area (Å²) in [5.74, 6) is 0.478. The lowest BCUT2D eigenvalue weighted by atomic mass is 10.2. The number of thiazole rings is 1. The number of benzene rings is 1. The van der Waals surface area contributed by atoms with Crippen molar-refractivity contribution in [1.82, 2.24) is 4.98 Å². The predicted molar refractivity (Wildman–Crippen MR) is 88.2 cm³/mol. The number of hydrogen-bond donors (Lipinski definition) is 2. The van der Waals surface area contributed by atoms with E-state index >= 15 is 0 Å². The predicted octanol–water partition coefficient (Wildman–Crippen LogP) is 2.77. The third kappa shape index (κ3) is 4.42. The highest BCUT2D eigenvalue weighted by Gasteiger charge is 2.13. The molecule has 0 aliphatic heterocycles. The molecule has 0 unspecified atom stereocenters. The van der Waals surface area contributed by atoms with Crippen LogP contribution >= 0.6 is 23.7 Å². The number of hydrogen-bond acceptors (Lipinski definition) is 5. The smallest absolute Gasteiger partial charge is 0.229 e. The highest BCUT2D eigenvalue weighted by molar-refractivity contribution is 7.19. The Labute approximate surface area is 133 Å². The minimum atomic E-state index is -0.211. The monoisotopic (exact) mass is 327 g/mol. The molecule has 1 heterocycles. The Hall–Kier alpha value is -1.63. The van der Waals surface area contributed by atoms with Crippen LogP contribution in [0.5, 0.6) is 5.75 Å². The van der Waals surface area contributed by atoms with E-state index in [4.69, 9.17) is 10.5 Å². The Morgan fingerprint density at radius 3 is 2.95 bits per heavy atom. The van der Waals surface area contributed by atoms with Crippen LogP contribution in [-0.4, -0.2) is 24.5 Å². The van der Waals surface area contributed by atoms with E-state index < -0.39 is 0 Å². The number of methoxy groups -OCH3 is 1. The highest BCUT2D eigenvalue weighted by Crippen LogP contribution is 2.30. The number of halogens is 1. The van der Waals surface area contributed by atoms with Crippen molar-refractivity contribution in [1.29, 1.82) is 0 Å². The van der Waals surface area contributed by atoms with E-state index in [9.17, 15) is 4.79 Å². The van der Waals surface area contributed by atoms with Gasteiger partial charge in [-0.25, -0.2) is 4.98 Å². The van der Waals surface area contributed by atoms with Gasteiger partial charge in [0.25, 0.3) is 0 Å². The lowest BCUT2D eigenvalue weighted by Crippen LogP contribution is -2.26. The van der Waals surface area contributed by atoms with Crippen molar-refractivity contribution in [3.63, 3.8) is 0 Å². The van der Waals surface area contributed by atoms with Crippen molar-refractivity contribution in [2.75, 3.05) is 19.0 Å². The van der Waals surface area contributed by atoms with E-state index in [1.54, 1.807) is 20.2 Å². The lowest BCUT2D eigenvalue weighted by Gasteiger charge is -2.07. The normalized spacial score (nSPS) is 11.4. The summed E-state index contributed by atoms with van der Waals surface area (Å²) in [5.41, 5.74) is 6.43. The molecule has 114 valence electrons. The van der Waals surface area contributed by atoms with Crippen LogP contribution in [-0.2, 0) is 4.79 Å². The van der Waals surface area contributed by atoms with Gasteiger partial charge in [-0.15, -0.1) is 12.4 Å². The minimum absolute atomic E-state index is 0. The fourth-order valence-corrected chi connectivity index (χ4v) is 2.39. The summed E-state index contributed by atoms with van der Waals surface area (Å²) in [6.07, 6.45) is 1.65. The molecule has 0 aliphatic rings. The fraction of sp³-hybridized carbons (Fsp3) is 0.286. The third-order valence-electron chi connectivity index (χ3n) is 2.87. The Balaban J connectivity index is 0.00000220. The van der Waals surface area contributed by atoms with E-state index in [0.29, 0.717) is 11.5 Å². The van der Waals surface area contributed by atoms with E-state index in [1.807, 2.05) is 24.3 Å². The molecule has 5 nitrogen and oxygen atoms in total. The largest absolute Gasteiger partial charge is 0.497 e. The van der Waals surface area contributed by atoms with Crippen molar-refractivity contribution in [2.24, 2.45) is 11.7 Å². The molecular formula is C14H18ClN3O2S. The number of amides is 1. The lowest BCUT2D eigenvalue weighted by molar-refractivity contribution is -0.119. The van der Waals surface area contributed by atoms with E-state index in [2.05, 4.69) is 10.3 Å². The van der Waals surface area contributed by atoms with Gasteiger partial charge in [-0.2, -0.15) is 0 Å². The molecule has 2 aromatic rings. The maximum absolute atomic E-state index is 11.8. The Morgan fingerprint density at radius 2 is 2.29 bits per heavy atom. The van der Waals surface area contributed by atoms with Crippen molar-refractivity contribution < 1.29 is 9.53 Å². The van der Waals surface area contributed by atoms with Crippen LogP contribution in [0.25, 0.3) is 10.6 Å². The first-order valence-corrected chi connectivity index (χ1v) is 7.07. The van der Waals surface area contributed by atoms with Crippen molar-refractivity contribution in [3.05, 3.63) is 30.5 Å². The third-order valence-corrected chi connectivity index (χ3v) is 3.83. The van der Waals surface area contributed by atoms with Crippen LogP contribution in [0.15, 0.2) is 30.5 Å². The maximum Gasteiger partial charge on any atom is 0.229 e. The van der Waals surface area contributed by atoms with Crippen LogP contribution in [0.3, 0.4) is 0 Å². The first kappa shape index (κ1) is 17.4. The topological polar surface area (TPSA) is 77.2 Å². The molecule has 0 bridgehead atoms. The van der Waals surface area contributed by atoms with Gasteiger partial charge in [-0.05, 0) is 12.1 Å². The molecular weight excluding hydrogens is 310 g/mol. The fourth-order valence-electron chi connectivity index (χ4n) is 1.57. The summed E-state index contributed by atoms with van der Waals surface area (Å²) in [6.45, 7) is 2.12. The number of rotatable bonds is 5. The van der Waals surface area contributed by atoms with Gasteiger partial charge in [-0.1, -0.05) is 30.4 Å². The van der Waals surface area contributed by atoms with Gasteiger partial charge in [-0.3, -0.25) is 4.79 Å². The molecule has 0 radical (unpaired) electrons. The van der Waals surface area contributed by atoms with Crippen molar-refractivity contribution in [2.45, 2.75) is 6.92 Å². The van der Waals surface area contributed by atoms with Crippen LogP contribution in [0.1, 0.15) is 6.92 Å². The number of nitrogens with two attached hydrogens (primary N) is 1. The number of aromatic nitrogens is 1. The Kier molecular flexibility index (Phi) is 6.61.